The van der Waals surface area contributed by atoms with Gasteiger partial charge in [-0.3, -0.25) is 10.1 Å². The molecule has 0 unspecified atom stereocenters. The lowest BCUT2D eigenvalue weighted by atomic mass is 10.1. The molecule has 6 nitrogen and oxygen atoms in total. The minimum atomic E-state index is -0.279. The number of amides is 1. The second-order valence-electron chi connectivity index (χ2n) is 5.80. The van der Waals surface area contributed by atoms with Gasteiger partial charge in [-0.05, 0) is 25.1 Å². The van der Waals surface area contributed by atoms with Crippen LogP contribution in [0.1, 0.15) is 15.9 Å². The average molecular weight is 364 g/mol. The van der Waals surface area contributed by atoms with Crippen LogP contribution < -0.4 is 10.1 Å². The van der Waals surface area contributed by atoms with Crippen LogP contribution in [0.15, 0.2) is 53.9 Å². The third-order valence-electron chi connectivity index (χ3n) is 3.99. The standard InChI is InChI=1S/C19H16N4O2S/c1-12-6-8-13(9-7-12)16-11-26-19-21-18(22-23(16)19)20-17(24)14-4-3-5-15(10-14)25-2/h3-11H,1-2H3,(H,20,22,24). The van der Waals surface area contributed by atoms with E-state index in [1.807, 2.05) is 17.5 Å². The molecule has 0 radical (unpaired) electrons. The second-order valence-corrected chi connectivity index (χ2v) is 6.64. The Balaban J connectivity index is 1.62. The molecular formula is C19H16N4O2S. The maximum Gasteiger partial charge on any atom is 0.258 e. The molecule has 0 atom stereocenters. The summed E-state index contributed by atoms with van der Waals surface area (Å²) in [5, 5.41) is 9.18. The average Bonchev–Trinajstić information content (AvgIpc) is 3.22. The summed E-state index contributed by atoms with van der Waals surface area (Å²) in [6.45, 7) is 2.05. The van der Waals surface area contributed by atoms with Gasteiger partial charge in [-0.2, -0.15) is 4.98 Å². The van der Waals surface area contributed by atoms with Crippen molar-refractivity contribution in [2.75, 3.05) is 12.4 Å². The highest BCUT2D eigenvalue weighted by atomic mass is 32.1. The molecule has 0 fully saturated rings. The van der Waals surface area contributed by atoms with Gasteiger partial charge < -0.3 is 4.74 Å². The molecule has 0 saturated carbocycles. The minimum absolute atomic E-state index is 0.276. The van der Waals surface area contributed by atoms with Gasteiger partial charge in [-0.25, -0.2) is 4.52 Å². The third kappa shape index (κ3) is 3.04. The van der Waals surface area contributed by atoms with Crippen molar-refractivity contribution >= 4 is 28.2 Å². The number of thiazole rings is 1. The molecule has 2 aromatic carbocycles. The molecule has 26 heavy (non-hydrogen) atoms. The monoisotopic (exact) mass is 364 g/mol. The fraction of sp³-hybridized carbons (Fsp3) is 0.105. The van der Waals surface area contributed by atoms with E-state index >= 15 is 0 Å². The lowest BCUT2D eigenvalue weighted by Gasteiger charge is -2.03. The summed E-state index contributed by atoms with van der Waals surface area (Å²) in [5.41, 5.74) is 3.68. The Labute approximate surface area is 154 Å². The number of ether oxygens (including phenoxy) is 1. The van der Waals surface area contributed by atoms with E-state index in [0.717, 1.165) is 16.2 Å². The number of anilines is 1. The van der Waals surface area contributed by atoms with E-state index in [4.69, 9.17) is 4.74 Å². The SMILES string of the molecule is COc1cccc(C(=O)Nc2nc3scc(-c4ccc(C)cc4)n3n2)c1. The number of methoxy groups -OCH3 is 1. The number of nitrogens with zero attached hydrogens (tertiary/aromatic N) is 3. The number of hydrogen-bond donors (Lipinski definition) is 1. The Bertz CT molecular complexity index is 1080. The Hall–Kier alpha value is -3.19. The molecule has 7 heteroatoms. The van der Waals surface area contributed by atoms with Gasteiger partial charge in [-0.1, -0.05) is 35.9 Å². The number of aromatic nitrogens is 3. The summed E-state index contributed by atoms with van der Waals surface area (Å²) >= 11 is 1.48. The van der Waals surface area contributed by atoms with Crippen LogP contribution in [0, 0.1) is 6.92 Å². The van der Waals surface area contributed by atoms with Crippen LogP contribution in [0.25, 0.3) is 16.2 Å². The zero-order valence-electron chi connectivity index (χ0n) is 14.3. The van der Waals surface area contributed by atoms with Gasteiger partial charge in [0.15, 0.2) is 0 Å². The first-order valence-corrected chi connectivity index (χ1v) is 8.89. The summed E-state index contributed by atoms with van der Waals surface area (Å²) in [5.74, 6) is 0.621. The van der Waals surface area contributed by atoms with Crippen molar-refractivity contribution in [2.45, 2.75) is 6.92 Å². The molecule has 4 aromatic rings. The zero-order chi connectivity index (χ0) is 18.1. The molecule has 0 aliphatic heterocycles. The van der Waals surface area contributed by atoms with Crippen LogP contribution in [0.5, 0.6) is 5.75 Å². The van der Waals surface area contributed by atoms with Gasteiger partial charge in [0.2, 0.25) is 4.96 Å². The molecule has 0 spiro atoms. The van der Waals surface area contributed by atoms with Gasteiger partial charge >= 0.3 is 0 Å². The largest absolute Gasteiger partial charge is 0.497 e. The number of carbonyl (C=O) groups excluding carboxylic acids is 1. The fourth-order valence-corrected chi connectivity index (χ4v) is 3.43. The lowest BCUT2D eigenvalue weighted by molar-refractivity contribution is 0.102. The first-order chi connectivity index (χ1) is 12.6. The first-order valence-electron chi connectivity index (χ1n) is 8.01. The lowest BCUT2D eigenvalue weighted by Crippen LogP contribution is -2.13. The van der Waals surface area contributed by atoms with Crippen LogP contribution >= 0.6 is 11.3 Å². The predicted octanol–water partition coefficient (Wildman–Crippen LogP) is 4.03. The van der Waals surface area contributed by atoms with Gasteiger partial charge in [-0.15, -0.1) is 16.4 Å². The van der Waals surface area contributed by atoms with Crippen molar-refractivity contribution in [2.24, 2.45) is 0 Å². The molecule has 2 heterocycles. The van der Waals surface area contributed by atoms with Crippen LogP contribution in [-0.4, -0.2) is 27.6 Å². The first kappa shape index (κ1) is 16.3. The molecule has 0 aliphatic carbocycles. The maximum absolute atomic E-state index is 12.4. The van der Waals surface area contributed by atoms with E-state index in [1.54, 1.807) is 35.9 Å². The smallest absolute Gasteiger partial charge is 0.258 e. The van der Waals surface area contributed by atoms with Crippen LogP contribution in [-0.2, 0) is 0 Å². The van der Waals surface area contributed by atoms with E-state index in [-0.39, 0.29) is 11.9 Å². The number of benzene rings is 2. The van der Waals surface area contributed by atoms with Gasteiger partial charge in [0, 0.05) is 16.5 Å². The molecule has 2 aromatic heterocycles. The maximum atomic E-state index is 12.4. The van der Waals surface area contributed by atoms with E-state index in [9.17, 15) is 4.79 Å². The topological polar surface area (TPSA) is 68.5 Å². The van der Waals surface area contributed by atoms with E-state index in [0.29, 0.717) is 11.3 Å². The quantitative estimate of drug-likeness (QED) is 0.594. The van der Waals surface area contributed by atoms with Crippen LogP contribution in [0.4, 0.5) is 5.95 Å². The highest BCUT2D eigenvalue weighted by Crippen LogP contribution is 2.26. The predicted molar refractivity (Wildman–Crippen MR) is 102 cm³/mol. The zero-order valence-corrected chi connectivity index (χ0v) is 15.1. The summed E-state index contributed by atoms with van der Waals surface area (Å²) in [6, 6.07) is 15.2. The number of aryl methyl sites for hydroxylation is 1. The number of fused-ring (bicyclic) bond motifs is 1. The van der Waals surface area contributed by atoms with Crippen LogP contribution in [0.2, 0.25) is 0 Å². The molecule has 1 amide bonds. The third-order valence-corrected chi connectivity index (χ3v) is 4.80. The van der Waals surface area contributed by atoms with Crippen molar-refractivity contribution < 1.29 is 9.53 Å². The molecule has 4 rings (SSSR count). The van der Waals surface area contributed by atoms with Crippen molar-refractivity contribution in [1.29, 1.82) is 0 Å². The summed E-state index contributed by atoms with van der Waals surface area (Å²) in [7, 11) is 1.56. The number of hydrogen-bond acceptors (Lipinski definition) is 5. The molecule has 0 saturated heterocycles. The van der Waals surface area contributed by atoms with Crippen molar-refractivity contribution in [3.05, 3.63) is 65.0 Å². The summed E-state index contributed by atoms with van der Waals surface area (Å²) < 4.78 is 6.90. The highest BCUT2D eigenvalue weighted by molar-refractivity contribution is 7.15. The van der Waals surface area contributed by atoms with Crippen molar-refractivity contribution in [1.82, 2.24) is 14.6 Å². The Morgan fingerprint density at radius 1 is 1.19 bits per heavy atom. The Morgan fingerprint density at radius 2 is 2.00 bits per heavy atom. The molecule has 1 N–H and O–H groups in total. The molecule has 0 aliphatic rings. The number of carbonyl (C=O) groups is 1. The van der Waals surface area contributed by atoms with Gasteiger partial charge in [0.1, 0.15) is 5.75 Å². The molecule has 130 valence electrons. The molecular weight excluding hydrogens is 348 g/mol. The van der Waals surface area contributed by atoms with E-state index in [1.165, 1.54) is 16.9 Å². The van der Waals surface area contributed by atoms with Gasteiger partial charge in [0.25, 0.3) is 11.9 Å². The van der Waals surface area contributed by atoms with E-state index in [2.05, 4.69) is 34.5 Å². The van der Waals surface area contributed by atoms with Crippen molar-refractivity contribution in [3.63, 3.8) is 0 Å². The van der Waals surface area contributed by atoms with Crippen LogP contribution in [0.3, 0.4) is 0 Å². The number of nitrogens with one attached hydrogen (secondary N) is 1. The second kappa shape index (κ2) is 6.61. The Kier molecular flexibility index (Phi) is 4.14. The van der Waals surface area contributed by atoms with E-state index < -0.39 is 0 Å². The summed E-state index contributed by atoms with van der Waals surface area (Å²) in [4.78, 5) is 17.5. The fourth-order valence-electron chi connectivity index (χ4n) is 2.60. The highest BCUT2D eigenvalue weighted by Gasteiger charge is 2.14. The minimum Gasteiger partial charge on any atom is -0.497 e. The number of rotatable bonds is 4. The van der Waals surface area contributed by atoms with Gasteiger partial charge in [0.05, 0.1) is 12.8 Å². The normalized spacial score (nSPS) is 10.8. The Morgan fingerprint density at radius 3 is 2.77 bits per heavy atom. The summed E-state index contributed by atoms with van der Waals surface area (Å²) in [6.07, 6.45) is 0. The molecule has 0 bridgehead atoms. The van der Waals surface area contributed by atoms with Crippen molar-refractivity contribution in [3.8, 4) is 17.0 Å².